The molecule has 35 heavy (non-hydrogen) atoms. The molecular formula is C27H34N4O4. The first-order valence-electron chi connectivity index (χ1n) is 11.9. The molecule has 0 saturated carbocycles. The van der Waals surface area contributed by atoms with Crippen LogP contribution < -0.4 is 15.0 Å². The molecule has 186 valence electrons. The summed E-state index contributed by atoms with van der Waals surface area (Å²) in [6, 6.07) is 19.1. The molecule has 2 heterocycles. The molecule has 1 unspecified atom stereocenters. The van der Waals surface area contributed by atoms with Gasteiger partial charge in [0.15, 0.2) is 0 Å². The Morgan fingerprint density at radius 2 is 1.80 bits per heavy atom. The lowest BCUT2D eigenvalue weighted by Crippen LogP contribution is -2.46. The summed E-state index contributed by atoms with van der Waals surface area (Å²) in [6.07, 6.45) is 0.395. The minimum absolute atomic E-state index is 0.0803. The first-order chi connectivity index (χ1) is 16.7. The van der Waals surface area contributed by atoms with Crippen LogP contribution >= 0.6 is 0 Å². The second-order valence-corrected chi connectivity index (χ2v) is 9.66. The molecular weight excluding hydrogens is 444 g/mol. The summed E-state index contributed by atoms with van der Waals surface area (Å²) in [5, 5.41) is 13.9. The van der Waals surface area contributed by atoms with Gasteiger partial charge < -0.3 is 24.6 Å². The van der Waals surface area contributed by atoms with Crippen molar-refractivity contribution in [3.05, 3.63) is 72.4 Å². The fourth-order valence-corrected chi connectivity index (χ4v) is 4.10. The van der Waals surface area contributed by atoms with E-state index in [9.17, 15) is 5.11 Å². The van der Waals surface area contributed by atoms with Crippen LogP contribution in [0.3, 0.4) is 0 Å². The number of ether oxygens (including phenoxy) is 3. The van der Waals surface area contributed by atoms with Gasteiger partial charge in [0, 0.05) is 6.20 Å². The Kier molecular flexibility index (Phi) is 7.54. The van der Waals surface area contributed by atoms with Gasteiger partial charge in [0.25, 0.3) is 0 Å². The monoisotopic (exact) mass is 478 g/mol. The van der Waals surface area contributed by atoms with E-state index in [2.05, 4.69) is 15.3 Å². The van der Waals surface area contributed by atoms with Crippen molar-refractivity contribution in [3.8, 4) is 11.5 Å². The van der Waals surface area contributed by atoms with E-state index >= 15 is 0 Å². The summed E-state index contributed by atoms with van der Waals surface area (Å²) in [5.74, 6) is 2.55. The highest BCUT2D eigenvalue weighted by Gasteiger charge is 2.39. The highest BCUT2D eigenvalue weighted by atomic mass is 16.6. The zero-order chi connectivity index (χ0) is 25.0. The van der Waals surface area contributed by atoms with Crippen LogP contribution in [0.4, 0.5) is 11.8 Å². The van der Waals surface area contributed by atoms with Gasteiger partial charge in [-0.25, -0.2) is 4.98 Å². The van der Waals surface area contributed by atoms with E-state index in [-0.39, 0.29) is 23.8 Å². The van der Waals surface area contributed by atoms with Crippen LogP contribution in [0.5, 0.6) is 11.5 Å². The van der Waals surface area contributed by atoms with Crippen molar-refractivity contribution in [2.24, 2.45) is 0 Å². The predicted octanol–water partition coefficient (Wildman–Crippen LogP) is 5.13. The van der Waals surface area contributed by atoms with Crippen LogP contribution in [0.25, 0.3) is 0 Å². The van der Waals surface area contributed by atoms with E-state index in [1.807, 2.05) is 89.2 Å². The molecule has 1 saturated heterocycles. The van der Waals surface area contributed by atoms with Crippen molar-refractivity contribution in [3.63, 3.8) is 0 Å². The maximum absolute atomic E-state index is 10.5. The average molecular weight is 479 g/mol. The molecule has 8 heteroatoms. The molecule has 2 N–H and O–H groups in total. The largest absolute Gasteiger partial charge is 0.457 e. The van der Waals surface area contributed by atoms with Gasteiger partial charge >= 0.3 is 0 Å². The van der Waals surface area contributed by atoms with Crippen molar-refractivity contribution < 1.29 is 19.3 Å². The fraction of sp³-hybridized carbons (Fsp3) is 0.407. The zero-order valence-corrected chi connectivity index (χ0v) is 20.9. The third kappa shape index (κ3) is 6.48. The third-order valence-corrected chi connectivity index (χ3v) is 5.68. The second-order valence-electron chi connectivity index (χ2n) is 9.66. The van der Waals surface area contributed by atoms with E-state index in [0.29, 0.717) is 18.4 Å². The van der Waals surface area contributed by atoms with Crippen molar-refractivity contribution in [1.82, 2.24) is 9.97 Å². The molecule has 0 bridgehead atoms. The molecule has 3 aromatic rings. The summed E-state index contributed by atoms with van der Waals surface area (Å²) in [7, 11) is 0. The lowest BCUT2D eigenvalue weighted by Gasteiger charge is -2.34. The van der Waals surface area contributed by atoms with Crippen molar-refractivity contribution >= 4 is 11.8 Å². The van der Waals surface area contributed by atoms with Crippen LogP contribution in [0.15, 0.2) is 66.9 Å². The molecule has 8 nitrogen and oxygen atoms in total. The van der Waals surface area contributed by atoms with Crippen LogP contribution in [0.2, 0.25) is 0 Å². The second kappa shape index (κ2) is 10.6. The number of hydrogen-bond donors (Lipinski definition) is 2. The molecule has 0 spiro atoms. The number of aromatic nitrogens is 2. The first kappa shape index (κ1) is 24.9. The molecule has 0 radical (unpaired) electrons. The lowest BCUT2D eigenvalue weighted by molar-refractivity contribution is -0.0656. The van der Waals surface area contributed by atoms with Gasteiger partial charge in [-0.15, -0.1) is 0 Å². The number of nitrogens with one attached hydrogen (secondary N) is 1. The van der Waals surface area contributed by atoms with E-state index in [0.717, 1.165) is 17.1 Å². The number of para-hydroxylation sites is 1. The number of hydrogen-bond acceptors (Lipinski definition) is 8. The fourth-order valence-electron chi connectivity index (χ4n) is 4.10. The highest BCUT2D eigenvalue weighted by molar-refractivity contribution is 5.46. The summed E-state index contributed by atoms with van der Waals surface area (Å²) < 4.78 is 17.6. The number of aliphatic hydroxyl groups excluding tert-OH is 1. The number of benzene rings is 2. The minimum Gasteiger partial charge on any atom is -0.457 e. The molecule has 1 fully saturated rings. The van der Waals surface area contributed by atoms with Gasteiger partial charge in [-0.2, -0.15) is 4.98 Å². The molecule has 1 aliphatic rings. The van der Waals surface area contributed by atoms with Crippen molar-refractivity contribution in [1.29, 1.82) is 0 Å². The number of rotatable bonds is 8. The van der Waals surface area contributed by atoms with Gasteiger partial charge in [-0.3, -0.25) is 4.90 Å². The first-order valence-corrected chi connectivity index (χ1v) is 11.9. The minimum atomic E-state index is -1.10. The Balaban J connectivity index is 1.48. The maximum atomic E-state index is 10.5. The van der Waals surface area contributed by atoms with Crippen LogP contribution in [0, 0.1) is 0 Å². The molecule has 0 amide bonds. The van der Waals surface area contributed by atoms with Crippen LogP contribution in [0.1, 0.15) is 46.2 Å². The highest BCUT2D eigenvalue weighted by Crippen LogP contribution is 2.29. The summed E-state index contributed by atoms with van der Waals surface area (Å²) in [4.78, 5) is 10.8. The van der Waals surface area contributed by atoms with Gasteiger partial charge in [-0.05, 0) is 70.5 Å². The number of anilines is 2. The predicted molar refractivity (Wildman–Crippen MR) is 136 cm³/mol. The van der Waals surface area contributed by atoms with Gasteiger partial charge in [0.05, 0.1) is 30.4 Å². The van der Waals surface area contributed by atoms with E-state index in [1.165, 1.54) is 0 Å². The van der Waals surface area contributed by atoms with Gasteiger partial charge in [0.2, 0.25) is 12.4 Å². The van der Waals surface area contributed by atoms with E-state index < -0.39 is 6.41 Å². The van der Waals surface area contributed by atoms with E-state index in [4.69, 9.17) is 14.2 Å². The standard InChI is InChI=1S/C27H34N4O4/c1-18(20-10-9-13-22(16-20)34-21-11-7-6-8-12-21)29-25-28-15-14-24(30-25)31-23(17-33-26(31)32)19(2)35-27(3,4)5/h6-16,18-19,23,26,32H,17H2,1-5H3,(H,28,29,30)/t18-,19+,23+,26?/m0/s1. The Morgan fingerprint density at radius 1 is 1.06 bits per heavy atom. The van der Waals surface area contributed by atoms with Crippen LogP contribution in [-0.2, 0) is 9.47 Å². The summed E-state index contributed by atoms with van der Waals surface area (Å²) >= 11 is 0. The summed E-state index contributed by atoms with van der Waals surface area (Å²) in [5.41, 5.74) is 0.715. The Bertz CT molecular complexity index is 1110. The number of aliphatic hydroxyl groups is 1. The van der Waals surface area contributed by atoms with Gasteiger partial charge in [0.1, 0.15) is 17.3 Å². The molecule has 0 aliphatic carbocycles. The number of nitrogens with zero attached hydrogens (tertiary/aromatic N) is 3. The Morgan fingerprint density at radius 3 is 2.54 bits per heavy atom. The SMILES string of the molecule is C[C@H](Nc1nccc(N2C(O)OC[C@@H]2[C@@H](C)OC(C)(C)C)n1)c1cccc(Oc2ccccc2)c1. The molecule has 1 aromatic heterocycles. The Hall–Kier alpha value is -3.20. The molecule has 4 rings (SSSR count). The third-order valence-electron chi connectivity index (χ3n) is 5.68. The molecule has 1 aliphatic heterocycles. The van der Waals surface area contributed by atoms with E-state index in [1.54, 1.807) is 17.2 Å². The summed E-state index contributed by atoms with van der Waals surface area (Å²) in [6.45, 7) is 10.4. The normalized spacial score (nSPS) is 19.9. The quantitative estimate of drug-likeness (QED) is 0.461. The van der Waals surface area contributed by atoms with Crippen LogP contribution in [-0.4, -0.2) is 45.8 Å². The topological polar surface area (TPSA) is 89.0 Å². The average Bonchev–Trinajstić information content (AvgIpc) is 3.20. The maximum Gasteiger partial charge on any atom is 0.239 e. The van der Waals surface area contributed by atoms with Crippen molar-refractivity contribution in [2.75, 3.05) is 16.8 Å². The Labute approximate surface area is 206 Å². The molecule has 4 atom stereocenters. The van der Waals surface area contributed by atoms with Crippen molar-refractivity contribution in [2.45, 2.75) is 64.8 Å². The van der Waals surface area contributed by atoms with Gasteiger partial charge in [-0.1, -0.05) is 30.3 Å². The lowest BCUT2D eigenvalue weighted by atomic mass is 10.1. The zero-order valence-electron chi connectivity index (χ0n) is 20.9. The molecule has 2 aromatic carbocycles. The smallest absolute Gasteiger partial charge is 0.239 e.